The van der Waals surface area contributed by atoms with Crippen LogP contribution in [-0.2, 0) is 14.3 Å². The number of hydrogen-bond acceptors (Lipinski definition) is 8. The number of nitrogens with one attached hydrogen (secondary N) is 2. The first-order valence-electron chi connectivity index (χ1n) is 16.4. The Morgan fingerprint density at radius 3 is 2.44 bits per heavy atom. The number of carboxylic acid groups (broad SMARTS) is 1. The van der Waals surface area contributed by atoms with Gasteiger partial charge in [0.05, 0.1) is 18.8 Å². The molecule has 0 saturated carbocycles. The number of pyridine rings is 1. The summed E-state index contributed by atoms with van der Waals surface area (Å²) in [6.45, 7) is 11.7. The maximum Gasteiger partial charge on any atom is 0.430 e. The zero-order chi connectivity index (χ0) is 37.0. The van der Waals surface area contributed by atoms with Gasteiger partial charge in [-0.15, -0.1) is 0 Å². The van der Waals surface area contributed by atoms with Gasteiger partial charge < -0.3 is 35.6 Å². The van der Waals surface area contributed by atoms with Gasteiger partial charge in [-0.2, -0.15) is 18.3 Å². The highest BCUT2D eigenvalue weighted by Crippen LogP contribution is 2.40. The number of H-pyrrole nitrogens is 1. The number of likely N-dealkylation sites (N-methyl/N-ethyl adjacent to an activating group) is 2. The van der Waals surface area contributed by atoms with Crippen molar-refractivity contribution in [2.24, 2.45) is 5.73 Å². The quantitative estimate of drug-likeness (QED) is 0.211. The molecule has 1 fully saturated rings. The molecule has 4 heterocycles. The lowest BCUT2D eigenvalue weighted by Crippen LogP contribution is -2.58. The number of carbonyl (C=O) groups excluding carboxylic acids is 3. The Morgan fingerprint density at radius 1 is 1.20 bits per heavy atom. The van der Waals surface area contributed by atoms with Crippen LogP contribution in [0.4, 0.5) is 18.0 Å². The van der Waals surface area contributed by atoms with E-state index in [1.807, 2.05) is 11.6 Å². The number of fused-ring (bicyclic) bond motifs is 2. The molecular formula is C34H45F3N8O5. The minimum Gasteiger partial charge on any atom is -0.542 e. The van der Waals surface area contributed by atoms with Crippen LogP contribution in [0.25, 0.3) is 27.8 Å². The molecule has 1 aliphatic rings. The number of nitrogens with zero attached hydrogens (tertiary/aromatic N) is 5. The number of carbonyl (C=O) groups is 3. The number of aryl methyl sites for hydroxylation is 1. The highest BCUT2D eigenvalue weighted by molar-refractivity contribution is 5.92. The molecule has 50 heavy (non-hydrogen) atoms. The SMILES string of the molecule is CNCCN(C)C(=O)OC[N+]1(CC(N)=O)CCC(c2ccc3[nH]c(-c4cn5ncnc5c(C)c4C)c(C(C)C)c3c2)CC1.O=C([O-])C(F)(F)F. The lowest BCUT2D eigenvalue weighted by molar-refractivity contribution is -0.941. The Balaban J connectivity index is 0.000000727. The van der Waals surface area contributed by atoms with Crippen LogP contribution in [0.3, 0.4) is 0 Å². The number of aromatic nitrogens is 4. The van der Waals surface area contributed by atoms with Crippen molar-refractivity contribution in [3.8, 4) is 11.3 Å². The van der Waals surface area contributed by atoms with E-state index in [-0.39, 0.29) is 25.3 Å². The molecule has 0 bridgehead atoms. The van der Waals surface area contributed by atoms with Gasteiger partial charge in [0.2, 0.25) is 6.73 Å². The fraction of sp³-hybridized carbons (Fsp3) is 0.500. The Morgan fingerprint density at radius 2 is 1.86 bits per heavy atom. The first-order valence-corrected chi connectivity index (χ1v) is 16.4. The molecule has 1 saturated heterocycles. The third-order valence-electron chi connectivity index (χ3n) is 9.40. The Labute approximate surface area is 288 Å². The fourth-order valence-electron chi connectivity index (χ4n) is 6.54. The van der Waals surface area contributed by atoms with E-state index in [1.165, 1.54) is 22.1 Å². The number of aliphatic carboxylic acids is 1. The van der Waals surface area contributed by atoms with E-state index in [9.17, 15) is 22.8 Å². The molecule has 0 radical (unpaired) electrons. The number of carboxylic acids is 1. The lowest BCUT2D eigenvalue weighted by Gasteiger charge is -2.42. The van der Waals surface area contributed by atoms with Crippen molar-refractivity contribution in [3.05, 3.63) is 53.0 Å². The van der Waals surface area contributed by atoms with E-state index in [1.54, 1.807) is 18.3 Å². The van der Waals surface area contributed by atoms with Gasteiger partial charge in [-0.3, -0.25) is 9.28 Å². The molecule has 4 aromatic rings. The number of likely N-dealkylation sites (tertiary alicyclic amines) is 1. The second-order valence-corrected chi connectivity index (χ2v) is 13.2. The van der Waals surface area contributed by atoms with Crippen molar-refractivity contribution in [3.63, 3.8) is 0 Å². The topological polar surface area (TPSA) is 171 Å². The maximum atomic E-state index is 12.6. The van der Waals surface area contributed by atoms with Crippen molar-refractivity contribution in [2.75, 3.05) is 53.5 Å². The number of ether oxygens (including phenoxy) is 1. The standard InChI is InChI=1S/C32H44N8O3.C2HF3O2/c1-20(2)29-25-15-24(7-8-27(25)37-30(29)26-16-39-31(35-18-36-39)22(4)21(26)3)23-9-13-40(14-10-23,17-28(33)41)19-43-32(42)38(6)12-11-34-5;3-2(4,5)1(6)7/h7-8,15-16,18,20,23,34,37H,9-14,17,19H2,1-6H3,(H-,33,41);(H,6,7). The summed E-state index contributed by atoms with van der Waals surface area (Å²) in [4.78, 5) is 43.1. The molecular weight excluding hydrogens is 657 g/mol. The number of piperidine rings is 1. The average molecular weight is 703 g/mol. The van der Waals surface area contributed by atoms with Crippen LogP contribution in [0.1, 0.15) is 60.8 Å². The van der Waals surface area contributed by atoms with E-state index in [0.717, 1.165) is 40.8 Å². The van der Waals surface area contributed by atoms with Crippen LogP contribution in [-0.4, -0.2) is 107 Å². The molecule has 13 nitrogen and oxygen atoms in total. The molecule has 16 heteroatoms. The van der Waals surface area contributed by atoms with Crippen LogP contribution < -0.4 is 16.2 Å². The number of halogens is 3. The third-order valence-corrected chi connectivity index (χ3v) is 9.40. The van der Waals surface area contributed by atoms with E-state index in [4.69, 9.17) is 20.4 Å². The molecule has 1 aromatic carbocycles. The van der Waals surface area contributed by atoms with E-state index >= 15 is 0 Å². The van der Waals surface area contributed by atoms with Gasteiger partial charge in [0, 0.05) is 55.6 Å². The number of hydrogen-bond donors (Lipinski definition) is 3. The van der Waals surface area contributed by atoms with Crippen LogP contribution in [0, 0.1) is 13.8 Å². The Kier molecular flexibility index (Phi) is 11.8. The van der Waals surface area contributed by atoms with E-state index in [2.05, 4.69) is 72.5 Å². The molecule has 4 N–H and O–H groups in total. The van der Waals surface area contributed by atoms with Gasteiger partial charge in [-0.1, -0.05) is 19.9 Å². The third kappa shape index (κ3) is 8.53. The summed E-state index contributed by atoms with van der Waals surface area (Å²) >= 11 is 0. The lowest BCUT2D eigenvalue weighted by atomic mass is 9.86. The van der Waals surface area contributed by atoms with Crippen LogP contribution in [0.2, 0.25) is 0 Å². The van der Waals surface area contributed by atoms with Gasteiger partial charge in [0.25, 0.3) is 5.91 Å². The molecule has 1 aliphatic heterocycles. The van der Waals surface area contributed by atoms with Crippen LogP contribution in [0.5, 0.6) is 0 Å². The smallest absolute Gasteiger partial charge is 0.430 e. The predicted molar refractivity (Wildman–Crippen MR) is 179 cm³/mol. The fourth-order valence-corrected chi connectivity index (χ4v) is 6.54. The summed E-state index contributed by atoms with van der Waals surface area (Å²) in [6.07, 6.45) is -0.155. The average Bonchev–Trinajstić information content (AvgIpc) is 3.69. The number of rotatable bonds is 10. The maximum absolute atomic E-state index is 12.6. The number of primary amides is 1. The number of amides is 2. The van der Waals surface area contributed by atoms with Crippen molar-refractivity contribution in [1.82, 2.24) is 29.8 Å². The second-order valence-electron chi connectivity index (χ2n) is 13.2. The van der Waals surface area contributed by atoms with Crippen LogP contribution in [0.15, 0.2) is 30.7 Å². The molecule has 5 rings (SSSR count). The van der Waals surface area contributed by atoms with Crippen LogP contribution >= 0.6 is 0 Å². The molecule has 0 unspecified atom stereocenters. The molecule has 0 aliphatic carbocycles. The Bertz CT molecular complexity index is 1840. The summed E-state index contributed by atoms with van der Waals surface area (Å²) in [6, 6.07) is 6.76. The first-order chi connectivity index (χ1) is 23.5. The minimum absolute atomic E-state index is 0.144. The molecule has 272 valence electrons. The zero-order valence-electron chi connectivity index (χ0n) is 29.2. The molecule has 0 atom stereocenters. The number of nitrogens with two attached hydrogens (primary N) is 1. The Hall–Kier alpha value is -4.70. The summed E-state index contributed by atoms with van der Waals surface area (Å²) in [7, 11) is 3.56. The minimum atomic E-state index is -5.19. The van der Waals surface area contributed by atoms with Crippen molar-refractivity contribution < 1.29 is 41.9 Å². The molecule has 0 spiro atoms. The number of aromatic amines is 1. The van der Waals surface area contributed by atoms with Gasteiger partial charge >= 0.3 is 12.3 Å². The highest BCUT2D eigenvalue weighted by atomic mass is 19.4. The summed E-state index contributed by atoms with van der Waals surface area (Å²) in [5, 5.41) is 17.5. The van der Waals surface area contributed by atoms with Crippen molar-refractivity contribution in [1.29, 1.82) is 0 Å². The van der Waals surface area contributed by atoms with Crippen molar-refractivity contribution in [2.45, 2.75) is 58.5 Å². The summed E-state index contributed by atoms with van der Waals surface area (Å²) < 4.78 is 39.5. The zero-order valence-corrected chi connectivity index (χ0v) is 29.2. The second kappa shape index (κ2) is 15.5. The number of quaternary nitrogens is 1. The number of benzene rings is 1. The summed E-state index contributed by atoms with van der Waals surface area (Å²) in [5.74, 6) is -2.74. The van der Waals surface area contributed by atoms with Gasteiger partial charge in [0.15, 0.2) is 12.2 Å². The van der Waals surface area contributed by atoms with Gasteiger partial charge in [-0.25, -0.2) is 14.3 Å². The van der Waals surface area contributed by atoms with E-state index < -0.39 is 12.1 Å². The molecule has 2 amide bonds. The first kappa shape index (κ1) is 38.1. The summed E-state index contributed by atoms with van der Waals surface area (Å²) in [5.41, 5.74) is 14.8. The number of alkyl halides is 3. The highest BCUT2D eigenvalue weighted by Gasteiger charge is 2.37. The molecule has 3 aromatic heterocycles. The van der Waals surface area contributed by atoms with Gasteiger partial charge in [0.1, 0.15) is 12.3 Å². The van der Waals surface area contributed by atoms with Gasteiger partial charge in [-0.05, 0) is 67.1 Å². The van der Waals surface area contributed by atoms with Crippen molar-refractivity contribution >= 4 is 34.5 Å². The monoisotopic (exact) mass is 702 g/mol. The predicted octanol–water partition coefficient (Wildman–Crippen LogP) is 3.34. The largest absolute Gasteiger partial charge is 0.542 e. The van der Waals surface area contributed by atoms with E-state index in [0.29, 0.717) is 42.5 Å². The normalized spacial score (nSPS) is 17.8.